The molecule has 1 aromatic rings. The van der Waals surface area contributed by atoms with Crippen molar-refractivity contribution < 1.29 is 29.0 Å². The van der Waals surface area contributed by atoms with Gasteiger partial charge < -0.3 is 30.1 Å². The minimum atomic E-state index is -0.914. The van der Waals surface area contributed by atoms with Gasteiger partial charge in [-0.1, -0.05) is 0 Å². The Bertz CT molecular complexity index is 658. The van der Waals surface area contributed by atoms with Gasteiger partial charge in [-0.25, -0.2) is 4.79 Å². The van der Waals surface area contributed by atoms with E-state index >= 15 is 0 Å². The van der Waals surface area contributed by atoms with E-state index in [2.05, 4.69) is 10.6 Å². The van der Waals surface area contributed by atoms with Crippen molar-refractivity contribution in [2.75, 3.05) is 45.3 Å². The number of nitrogens with one attached hydrogen (secondary N) is 2. The van der Waals surface area contributed by atoms with Gasteiger partial charge in [-0.3, -0.25) is 9.59 Å². The number of benzene rings is 1. The molecule has 1 saturated heterocycles. The van der Waals surface area contributed by atoms with E-state index in [9.17, 15) is 14.4 Å². The van der Waals surface area contributed by atoms with Crippen molar-refractivity contribution in [2.24, 2.45) is 0 Å². The fourth-order valence-electron chi connectivity index (χ4n) is 2.50. The molecule has 3 amide bonds. The third-order valence-electron chi connectivity index (χ3n) is 3.85. The highest BCUT2D eigenvalue weighted by atomic mass is 16.5. The molecule has 1 aromatic carbocycles. The predicted octanol–water partition coefficient (Wildman–Crippen LogP) is 1.15. The summed E-state index contributed by atoms with van der Waals surface area (Å²) in [6.07, 6.45) is 0.308. The monoisotopic (exact) mass is 365 g/mol. The van der Waals surface area contributed by atoms with Gasteiger partial charge in [0.2, 0.25) is 0 Å². The Labute approximate surface area is 151 Å². The number of carbonyl (C=O) groups is 3. The third kappa shape index (κ3) is 5.62. The summed E-state index contributed by atoms with van der Waals surface area (Å²) in [5.41, 5.74) is 0.802. The second-order valence-corrected chi connectivity index (χ2v) is 5.70. The predicted molar refractivity (Wildman–Crippen MR) is 93.6 cm³/mol. The van der Waals surface area contributed by atoms with Crippen LogP contribution in [0.15, 0.2) is 18.2 Å². The molecule has 0 aromatic heterocycles. The highest BCUT2D eigenvalue weighted by Gasteiger charge is 2.20. The molecule has 0 unspecified atom stereocenters. The van der Waals surface area contributed by atoms with Crippen molar-refractivity contribution in [2.45, 2.75) is 12.8 Å². The zero-order valence-corrected chi connectivity index (χ0v) is 14.6. The first-order chi connectivity index (χ1) is 12.5. The molecule has 3 N–H and O–H groups in total. The standard InChI is InChI=1S/C17H23N3O6/c1-25-14-5-4-12(16(23)20-7-9-26-10-8-20)11-13(14)19-17(24)18-6-2-3-15(21)22/h4-5,11H,2-3,6-10H2,1H3,(H,21,22)(H2,18,19,24). The fourth-order valence-corrected chi connectivity index (χ4v) is 2.50. The van der Waals surface area contributed by atoms with Crippen LogP contribution in [0.1, 0.15) is 23.2 Å². The van der Waals surface area contributed by atoms with E-state index in [1.165, 1.54) is 7.11 Å². The molecule has 0 saturated carbocycles. The molecular formula is C17H23N3O6. The number of aliphatic carboxylic acids is 1. The van der Waals surface area contributed by atoms with Gasteiger partial charge in [0.15, 0.2) is 0 Å². The molecule has 1 aliphatic rings. The molecule has 1 heterocycles. The lowest BCUT2D eigenvalue weighted by Gasteiger charge is -2.27. The van der Waals surface area contributed by atoms with Crippen LogP contribution in [-0.4, -0.2) is 67.9 Å². The van der Waals surface area contributed by atoms with E-state index in [-0.39, 0.29) is 18.9 Å². The Balaban J connectivity index is 2.00. The number of amides is 3. The minimum Gasteiger partial charge on any atom is -0.495 e. The average Bonchev–Trinajstić information content (AvgIpc) is 2.65. The third-order valence-corrected chi connectivity index (χ3v) is 3.85. The molecule has 0 bridgehead atoms. The number of urea groups is 1. The van der Waals surface area contributed by atoms with Crippen LogP contribution in [0, 0.1) is 0 Å². The number of nitrogens with zero attached hydrogens (tertiary/aromatic N) is 1. The molecule has 2 rings (SSSR count). The highest BCUT2D eigenvalue weighted by molar-refractivity contribution is 5.98. The van der Waals surface area contributed by atoms with Crippen molar-refractivity contribution in [1.82, 2.24) is 10.2 Å². The molecule has 1 fully saturated rings. The van der Waals surface area contributed by atoms with E-state index in [0.717, 1.165) is 0 Å². The van der Waals surface area contributed by atoms with Gasteiger partial charge in [0.25, 0.3) is 5.91 Å². The molecular weight excluding hydrogens is 342 g/mol. The lowest BCUT2D eigenvalue weighted by Crippen LogP contribution is -2.40. The largest absolute Gasteiger partial charge is 0.495 e. The average molecular weight is 365 g/mol. The fraction of sp³-hybridized carbons (Fsp3) is 0.471. The van der Waals surface area contributed by atoms with Crippen LogP contribution in [0.4, 0.5) is 10.5 Å². The maximum absolute atomic E-state index is 12.6. The van der Waals surface area contributed by atoms with Crippen LogP contribution >= 0.6 is 0 Å². The Morgan fingerprint density at radius 1 is 1.27 bits per heavy atom. The van der Waals surface area contributed by atoms with Crippen LogP contribution in [0.3, 0.4) is 0 Å². The first kappa shape index (κ1) is 19.5. The molecule has 0 aliphatic carbocycles. The Morgan fingerprint density at radius 3 is 2.65 bits per heavy atom. The lowest BCUT2D eigenvalue weighted by atomic mass is 10.1. The summed E-state index contributed by atoms with van der Waals surface area (Å²) in [4.78, 5) is 36.7. The summed E-state index contributed by atoms with van der Waals surface area (Å²) in [5.74, 6) is -0.631. The molecule has 9 heteroatoms. The topological polar surface area (TPSA) is 117 Å². The first-order valence-corrected chi connectivity index (χ1v) is 8.33. The van der Waals surface area contributed by atoms with Crippen molar-refractivity contribution in [3.05, 3.63) is 23.8 Å². The van der Waals surface area contributed by atoms with E-state index in [0.29, 0.717) is 49.7 Å². The summed E-state index contributed by atoms with van der Waals surface area (Å²) < 4.78 is 10.5. The zero-order valence-electron chi connectivity index (χ0n) is 14.6. The molecule has 0 radical (unpaired) electrons. The van der Waals surface area contributed by atoms with Crippen molar-refractivity contribution in [3.8, 4) is 5.75 Å². The molecule has 142 valence electrons. The zero-order chi connectivity index (χ0) is 18.9. The van der Waals surface area contributed by atoms with Gasteiger partial charge in [0.05, 0.1) is 26.0 Å². The highest BCUT2D eigenvalue weighted by Crippen LogP contribution is 2.26. The summed E-state index contributed by atoms with van der Waals surface area (Å²) in [6, 6.07) is 4.33. The van der Waals surface area contributed by atoms with Crippen LogP contribution in [0.25, 0.3) is 0 Å². The number of hydrogen-bond donors (Lipinski definition) is 3. The molecule has 0 spiro atoms. The normalized spacial score (nSPS) is 13.8. The second kappa shape index (κ2) is 9.62. The maximum atomic E-state index is 12.6. The number of hydrogen-bond acceptors (Lipinski definition) is 5. The summed E-state index contributed by atoms with van der Waals surface area (Å²) in [5, 5.41) is 13.8. The number of methoxy groups -OCH3 is 1. The van der Waals surface area contributed by atoms with Crippen LogP contribution in [-0.2, 0) is 9.53 Å². The smallest absolute Gasteiger partial charge is 0.319 e. The molecule has 1 aliphatic heterocycles. The van der Waals surface area contributed by atoms with E-state index in [1.807, 2.05) is 0 Å². The number of carbonyl (C=O) groups excluding carboxylic acids is 2. The number of anilines is 1. The Kier molecular flexibility index (Phi) is 7.22. The van der Waals surface area contributed by atoms with Gasteiger partial charge >= 0.3 is 12.0 Å². The minimum absolute atomic E-state index is 0.0207. The number of carboxylic acid groups (broad SMARTS) is 1. The van der Waals surface area contributed by atoms with Gasteiger partial charge in [-0.2, -0.15) is 0 Å². The lowest BCUT2D eigenvalue weighted by molar-refractivity contribution is -0.137. The number of ether oxygens (including phenoxy) is 2. The molecule has 26 heavy (non-hydrogen) atoms. The van der Waals surface area contributed by atoms with E-state index < -0.39 is 12.0 Å². The van der Waals surface area contributed by atoms with Gasteiger partial charge in [-0.15, -0.1) is 0 Å². The maximum Gasteiger partial charge on any atom is 0.319 e. The van der Waals surface area contributed by atoms with Crippen LogP contribution in [0.5, 0.6) is 5.75 Å². The van der Waals surface area contributed by atoms with Crippen molar-refractivity contribution >= 4 is 23.6 Å². The van der Waals surface area contributed by atoms with E-state index in [4.69, 9.17) is 14.6 Å². The SMILES string of the molecule is COc1ccc(C(=O)N2CCOCC2)cc1NC(=O)NCCCC(=O)O. The first-order valence-electron chi connectivity index (χ1n) is 8.33. The number of morpholine rings is 1. The van der Waals surface area contributed by atoms with Crippen LogP contribution < -0.4 is 15.4 Å². The summed E-state index contributed by atoms with van der Waals surface area (Å²) in [6.45, 7) is 2.29. The van der Waals surface area contributed by atoms with Gasteiger partial charge in [0, 0.05) is 31.6 Å². The van der Waals surface area contributed by atoms with Crippen molar-refractivity contribution in [3.63, 3.8) is 0 Å². The summed E-state index contributed by atoms with van der Waals surface area (Å²) >= 11 is 0. The number of carboxylic acids is 1. The van der Waals surface area contributed by atoms with Crippen molar-refractivity contribution in [1.29, 1.82) is 0 Å². The molecule has 9 nitrogen and oxygen atoms in total. The second-order valence-electron chi connectivity index (χ2n) is 5.70. The van der Waals surface area contributed by atoms with Crippen LogP contribution in [0.2, 0.25) is 0 Å². The van der Waals surface area contributed by atoms with Gasteiger partial charge in [0.1, 0.15) is 5.75 Å². The molecule has 0 atom stereocenters. The Hall–Kier alpha value is -2.81. The van der Waals surface area contributed by atoms with Gasteiger partial charge in [-0.05, 0) is 24.6 Å². The quantitative estimate of drug-likeness (QED) is 0.624. The van der Waals surface area contributed by atoms with E-state index in [1.54, 1.807) is 23.1 Å². The Morgan fingerprint density at radius 2 is 2.00 bits per heavy atom. The summed E-state index contributed by atoms with van der Waals surface area (Å²) in [7, 11) is 1.47. The number of rotatable bonds is 7.